The van der Waals surface area contributed by atoms with E-state index in [2.05, 4.69) is 0 Å². The number of aryl methyl sites for hydroxylation is 1. The minimum atomic E-state index is -4.55. The summed E-state index contributed by atoms with van der Waals surface area (Å²) in [5.41, 5.74) is 0.514. The van der Waals surface area contributed by atoms with Crippen LogP contribution >= 0.6 is 0 Å². The highest BCUT2D eigenvalue weighted by Crippen LogP contribution is 2.17. The third-order valence-corrected chi connectivity index (χ3v) is 2.54. The largest absolute Gasteiger partial charge is 0.332 e. The molecule has 1 aromatic rings. The molecule has 0 heterocycles. The first kappa shape index (κ1) is 9.19. The van der Waals surface area contributed by atoms with Gasteiger partial charge in [-0.05, 0) is 18.1 Å². The number of halogens is 1. The maximum Gasteiger partial charge on any atom is 0.332 e. The fourth-order valence-electron chi connectivity index (χ4n) is 1.03. The summed E-state index contributed by atoms with van der Waals surface area (Å²) in [5.74, 6) is 0. The van der Waals surface area contributed by atoms with Crippen LogP contribution in [0, 0.1) is 0 Å². The van der Waals surface area contributed by atoms with Gasteiger partial charge >= 0.3 is 10.2 Å². The predicted octanol–water partition coefficient (Wildman–Crippen LogP) is 1.91. The Morgan fingerprint density at radius 2 is 1.92 bits per heavy atom. The van der Waals surface area contributed by atoms with Crippen LogP contribution in [-0.2, 0) is 16.6 Å². The molecule has 0 aliphatic carbocycles. The average molecular weight is 188 g/mol. The Balaban J connectivity index is 3.33. The summed E-state index contributed by atoms with van der Waals surface area (Å²) >= 11 is 0. The highest BCUT2D eigenvalue weighted by molar-refractivity contribution is 7.86. The Morgan fingerprint density at radius 1 is 1.33 bits per heavy atom. The summed E-state index contributed by atoms with van der Waals surface area (Å²) in [5, 5.41) is 0. The standard InChI is InChI=1S/C8H9FO2S/c1-2-7-5-3-4-6-8(7)12(9,10)11/h3-6H,2H2,1H3. The monoisotopic (exact) mass is 188 g/mol. The van der Waals surface area contributed by atoms with Crippen molar-refractivity contribution in [2.75, 3.05) is 0 Å². The maximum atomic E-state index is 12.5. The topological polar surface area (TPSA) is 34.1 Å². The van der Waals surface area contributed by atoms with Crippen LogP contribution in [0.15, 0.2) is 29.2 Å². The lowest BCUT2D eigenvalue weighted by Gasteiger charge is -2.00. The van der Waals surface area contributed by atoms with Crippen molar-refractivity contribution in [2.24, 2.45) is 0 Å². The van der Waals surface area contributed by atoms with Crippen molar-refractivity contribution in [3.63, 3.8) is 0 Å². The Hall–Kier alpha value is -0.900. The summed E-state index contributed by atoms with van der Waals surface area (Å²) in [4.78, 5) is -0.215. The van der Waals surface area contributed by atoms with E-state index in [0.29, 0.717) is 12.0 Å². The van der Waals surface area contributed by atoms with Crippen LogP contribution in [0.4, 0.5) is 3.89 Å². The molecule has 0 saturated carbocycles. The molecule has 2 nitrogen and oxygen atoms in total. The lowest BCUT2D eigenvalue weighted by Crippen LogP contribution is -1.96. The highest BCUT2D eigenvalue weighted by Gasteiger charge is 2.14. The van der Waals surface area contributed by atoms with Gasteiger partial charge in [0.15, 0.2) is 0 Å². The van der Waals surface area contributed by atoms with E-state index in [9.17, 15) is 12.3 Å². The second kappa shape index (κ2) is 3.23. The molecule has 0 atom stereocenters. The van der Waals surface area contributed by atoms with Gasteiger partial charge in [0.1, 0.15) is 4.90 Å². The molecule has 0 aliphatic heterocycles. The molecule has 0 fully saturated rings. The van der Waals surface area contributed by atoms with Crippen molar-refractivity contribution in [3.05, 3.63) is 29.8 Å². The summed E-state index contributed by atoms with van der Waals surface area (Å²) in [6.45, 7) is 1.78. The molecule has 0 aliphatic rings. The molecule has 0 N–H and O–H groups in total. The second-order valence-electron chi connectivity index (χ2n) is 2.40. The van der Waals surface area contributed by atoms with E-state index in [1.54, 1.807) is 19.1 Å². The number of benzene rings is 1. The lowest BCUT2D eigenvalue weighted by molar-refractivity contribution is 0.551. The molecule has 0 aromatic heterocycles. The van der Waals surface area contributed by atoms with Crippen LogP contribution in [0.5, 0.6) is 0 Å². The Bertz CT molecular complexity index is 370. The molecule has 0 saturated heterocycles. The lowest BCUT2D eigenvalue weighted by atomic mass is 10.2. The number of rotatable bonds is 2. The summed E-state index contributed by atoms with van der Waals surface area (Å²) < 4.78 is 33.6. The van der Waals surface area contributed by atoms with Crippen molar-refractivity contribution in [1.29, 1.82) is 0 Å². The molecule has 0 radical (unpaired) electrons. The van der Waals surface area contributed by atoms with Crippen LogP contribution in [0.3, 0.4) is 0 Å². The molecule has 1 rings (SSSR count). The first-order valence-electron chi connectivity index (χ1n) is 3.58. The van der Waals surface area contributed by atoms with E-state index in [1.807, 2.05) is 0 Å². The van der Waals surface area contributed by atoms with Crippen LogP contribution in [-0.4, -0.2) is 8.42 Å². The molecular weight excluding hydrogens is 179 g/mol. The van der Waals surface area contributed by atoms with E-state index in [4.69, 9.17) is 0 Å². The molecule has 66 valence electrons. The van der Waals surface area contributed by atoms with Crippen LogP contribution in [0.2, 0.25) is 0 Å². The smallest absolute Gasteiger partial charge is 0.189 e. The zero-order valence-corrected chi connectivity index (χ0v) is 7.44. The van der Waals surface area contributed by atoms with Gasteiger partial charge in [-0.2, -0.15) is 8.42 Å². The normalized spacial score (nSPS) is 11.5. The Labute approximate surface area is 71.2 Å². The van der Waals surface area contributed by atoms with Crippen molar-refractivity contribution < 1.29 is 12.3 Å². The van der Waals surface area contributed by atoms with Crippen molar-refractivity contribution in [3.8, 4) is 0 Å². The quantitative estimate of drug-likeness (QED) is 0.664. The Kier molecular flexibility index (Phi) is 2.47. The van der Waals surface area contributed by atoms with Gasteiger partial charge in [0.05, 0.1) is 0 Å². The van der Waals surface area contributed by atoms with Gasteiger partial charge in [0.2, 0.25) is 0 Å². The maximum absolute atomic E-state index is 12.5. The summed E-state index contributed by atoms with van der Waals surface area (Å²) in [6, 6.07) is 6.07. The molecule has 1 aromatic carbocycles. The van der Waals surface area contributed by atoms with Gasteiger partial charge in [-0.1, -0.05) is 25.1 Å². The SMILES string of the molecule is CCc1ccccc1S(=O)(=O)F. The Morgan fingerprint density at radius 3 is 2.33 bits per heavy atom. The molecule has 0 amide bonds. The zero-order chi connectivity index (χ0) is 9.19. The first-order chi connectivity index (χ1) is 5.55. The molecular formula is C8H9FO2S. The number of hydrogen-bond acceptors (Lipinski definition) is 2. The second-order valence-corrected chi connectivity index (χ2v) is 3.71. The van der Waals surface area contributed by atoms with E-state index in [-0.39, 0.29) is 4.90 Å². The number of hydrogen-bond donors (Lipinski definition) is 0. The highest BCUT2D eigenvalue weighted by atomic mass is 32.3. The van der Waals surface area contributed by atoms with E-state index >= 15 is 0 Å². The minimum Gasteiger partial charge on any atom is -0.189 e. The molecule has 0 unspecified atom stereocenters. The van der Waals surface area contributed by atoms with Crippen LogP contribution in [0.1, 0.15) is 12.5 Å². The van der Waals surface area contributed by atoms with Gasteiger partial charge in [-0.15, -0.1) is 3.89 Å². The fourth-order valence-corrected chi connectivity index (χ4v) is 1.80. The summed E-state index contributed by atoms with van der Waals surface area (Å²) in [6.07, 6.45) is 0.513. The third-order valence-electron chi connectivity index (χ3n) is 1.62. The zero-order valence-electron chi connectivity index (χ0n) is 6.62. The minimum absolute atomic E-state index is 0.215. The molecule has 0 bridgehead atoms. The van der Waals surface area contributed by atoms with E-state index in [1.165, 1.54) is 12.1 Å². The third kappa shape index (κ3) is 1.82. The van der Waals surface area contributed by atoms with Crippen LogP contribution < -0.4 is 0 Å². The van der Waals surface area contributed by atoms with Gasteiger partial charge in [-0.25, -0.2) is 0 Å². The van der Waals surface area contributed by atoms with Crippen molar-refractivity contribution in [2.45, 2.75) is 18.2 Å². The molecule has 4 heteroatoms. The van der Waals surface area contributed by atoms with Crippen molar-refractivity contribution >= 4 is 10.2 Å². The van der Waals surface area contributed by atoms with E-state index in [0.717, 1.165) is 0 Å². The van der Waals surface area contributed by atoms with Gasteiger partial charge < -0.3 is 0 Å². The fraction of sp³-hybridized carbons (Fsp3) is 0.250. The predicted molar refractivity (Wildman–Crippen MR) is 44.1 cm³/mol. The average Bonchev–Trinajstić information content (AvgIpc) is 2.03. The molecule has 0 spiro atoms. The van der Waals surface area contributed by atoms with Gasteiger partial charge in [0, 0.05) is 0 Å². The summed E-state index contributed by atoms with van der Waals surface area (Å²) in [7, 11) is -4.55. The van der Waals surface area contributed by atoms with Crippen LogP contribution in [0.25, 0.3) is 0 Å². The molecule has 12 heavy (non-hydrogen) atoms. The van der Waals surface area contributed by atoms with Gasteiger partial charge in [-0.3, -0.25) is 0 Å². The van der Waals surface area contributed by atoms with E-state index < -0.39 is 10.2 Å². The van der Waals surface area contributed by atoms with Gasteiger partial charge in [0.25, 0.3) is 0 Å². The first-order valence-corrected chi connectivity index (χ1v) is 4.96. The van der Waals surface area contributed by atoms with Crippen molar-refractivity contribution in [1.82, 2.24) is 0 Å².